The van der Waals surface area contributed by atoms with E-state index >= 15 is 0 Å². The first kappa shape index (κ1) is 15.0. The van der Waals surface area contributed by atoms with Crippen molar-refractivity contribution in [3.63, 3.8) is 0 Å². The molecule has 7 nitrogen and oxygen atoms in total. The number of carbonyl (C=O) groups excluding carboxylic acids is 1. The summed E-state index contributed by atoms with van der Waals surface area (Å²) in [5.74, 6) is -1.25. The van der Waals surface area contributed by atoms with Crippen LogP contribution >= 0.6 is 0 Å². The molecule has 1 atom stereocenters. The summed E-state index contributed by atoms with van der Waals surface area (Å²) in [5.41, 5.74) is 0.527. The lowest BCUT2D eigenvalue weighted by Gasteiger charge is -2.17. The van der Waals surface area contributed by atoms with Gasteiger partial charge < -0.3 is 15.7 Å². The number of aromatic nitrogens is 2. The predicted molar refractivity (Wildman–Crippen MR) is 71.0 cm³/mol. The molecule has 3 N–H and O–H groups in total. The molecule has 0 bridgehead atoms. The highest BCUT2D eigenvalue weighted by atomic mass is 16.4. The number of nitrogens with one attached hydrogen (secondary N) is 2. The molecule has 0 spiro atoms. The summed E-state index contributed by atoms with van der Waals surface area (Å²) in [5, 5.41) is 18.0. The summed E-state index contributed by atoms with van der Waals surface area (Å²) in [4.78, 5) is 22.7. The molecule has 0 aliphatic rings. The van der Waals surface area contributed by atoms with E-state index in [-0.39, 0.29) is 12.0 Å². The van der Waals surface area contributed by atoms with Crippen LogP contribution in [-0.2, 0) is 4.79 Å². The van der Waals surface area contributed by atoms with Gasteiger partial charge in [-0.15, -0.1) is 0 Å². The lowest BCUT2D eigenvalue weighted by molar-refractivity contribution is -0.140. The molecule has 1 rings (SSSR count). The van der Waals surface area contributed by atoms with Crippen LogP contribution in [-0.4, -0.2) is 32.9 Å². The Hall–Kier alpha value is -2.05. The number of carbonyl (C=O) groups is 2. The van der Waals surface area contributed by atoms with E-state index in [0.29, 0.717) is 5.69 Å². The number of hydrogen-bond acceptors (Lipinski definition) is 3. The fourth-order valence-corrected chi connectivity index (χ4v) is 1.51. The zero-order chi connectivity index (χ0) is 14.6. The van der Waals surface area contributed by atoms with E-state index in [2.05, 4.69) is 15.7 Å². The summed E-state index contributed by atoms with van der Waals surface area (Å²) in [7, 11) is 0. The number of hydrogen-bond donors (Lipinski definition) is 3. The van der Waals surface area contributed by atoms with Gasteiger partial charge in [-0.2, -0.15) is 5.10 Å². The number of urea groups is 1. The molecule has 7 heteroatoms. The van der Waals surface area contributed by atoms with Crippen LogP contribution in [0.2, 0.25) is 0 Å². The lowest BCUT2D eigenvalue weighted by Crippen LogP contribution is -2.46. The van der Waals surface area contributed by atoms with Crippen molar-refractivity contribution in [2.45, 2.75) is 39.8 Å². The van der Waals surface area contributed by atoms with Crippen molar-refractivity contribution >= 4 is 17.7 Å². The molecular weight excluding hydrogens is 248 g/mol. The Bertz CT molecular complexity index is 454. The van der Waals surface area contributed by atoms with Gasteiger partial charge in [0.1, 0.15) is 6.04 Å². The Morgan fingerprint density at radius 1 is 1.32 bits per heavy atom. The largest absolute Gasteiger partial charge is 0.480 e. The van der Waals surface area contributed by atoms with Crippen molar-refractivity contribution in [2.75, 3.05) is 5.32 Å². The zero-order valence-electron chi connectivity index (χ0n) is 11.5. The van der Waals surface area contributed by atoms with Gasteiger partial charge in [0, 0.05) is 12.2 Å². The van der Waals surface area contributed by atoms with Crippen molar-refractivity contribution in [1.29, 1.82) is 0 Å². The van der Waals surface area contributed by atoms with Crippen molar-refractivity contribution in [1.82, 2.24) is 15.1 Å². The fourth-order valence-electron chi connectivity index (χ4n) is 1.51. The third-order valence-electron chi connectivity index (χ3n) is 2.61. The summed E-state index contributed by atoms with van der Waals surface area (Å²) >= 11 is 0. The molecule has 1 aromatic heterocycles. The van der Waals surface area contributed by atoms with Gasteiger partial charge in [0.05, 0.1) is 11.9 Å². The first-order chi connectivity index (χ1) is 8.81. The van der Waals surface area contributed by atoms with Gasteiger partial charge in [0.15, 0.2) is 0 Å². The normalized spacial score (nSPS) is 12.5. The van der Waals surface area contributed by atoms with Gasteiger partial charge in [-0.1, -0.05) is 13.8 Å². The highest BCUT2D eigenvalue weighted by Gasteiger charge is 2.23. The first-order valence-electron chi connectivity index (χ1n) is 6.15. The maximum atomic E-state index is 11.7. The van der Waals surface area contributed by atoms with Crippen LogP contribution in [0.4, 0.5) is 10.5 Å². The van der Waals surface area contributed by atoms with Gasteiger partial charge in [0.25, 0.3) is 0 Å². The maximum Gasteiger partial charge on any atom is 0.326 e. The third kappa shape index (κ3) is 4.27. The number of aliphatic carboxylic acids is 1. The molecule has 0 unspecified atom stereocenters. The molecular formula is C12H20N4O3. The molecule has 0 radical (unpaired) electrons. The minimum atomic E-state index is -1.05. The van der Waals surface area contributed by atoms with Gasteiger partial charge in [0.2, 0.25) is 0 Å². The average molecular weight is 268 g/mol. The quantitative estimate of drug-likeness (QED) is 0.757. The standard InChI is InChI=1S/C12H20N4O3/c1-7(2)10(11(17)18)15-12(19)14-9-5-13-16(6-9)8(3)4/h5-8,10H,1-4H3,(H,17,18)(H2,14,15,19)/t10-/m1/s1. The lowest BCUT2D eigenvalue weighted by atomic mass is 10.1. The van der Waals surface area contributed by atoms with E-state index in [1.807, 2.05) is 13.8 Å². The highest BCUT2D eigenvalue weighted by molar-refractivity contribution is 5.92. The minimum Gasteiger partial charge on any atom is -0.480 e. The number of rotatable bonds is 5. The third-order valence-corrected chi connectivity index (χ3v) is 2.61. The number of nitrogens with zero attached hydrogens (tertiary/aromatic N) is 2. The molecule has 0 aliphatic carbocycles. The van der Waals surface area contributed by atoms with Crippen molar-refractivity contribution in [2.24, 2.45) is 5.92 Å². The summed E-state index contributed by atoms with van der Waals surface area (Å²) in [6.07, 6.45) is 3.21. The van der Waals surface area contributed by atoms with Crippen molar-refractivity contribution < 1.29 is 14.7 Å². The number of amides is 2. The Morgan fingerprint density at radius 3 is 2.37 bits per heavy atom. The second-order valence-electron chi connectivity index (χ2n) is 4.96. The minimum absolute atomic E-state index is 0.193. The zero-order valence-corrected chi connectivity index (χ0v) is 11.5. The molecule has 0 saturated carbocycles. The average Bonchev–Trinajstić information content (AvgIpc) is 2.73. The molecule has 0 aromatic carbocycles. The molecule has 2 amide bonds. The van der Waals surface area contributed by atoms with Gasteiger partial charge >= 0.3 is 12.0 Å². The van der Waals surface area contributed by atoms with Crippen LogP contribution in [0.5, 0.6) is 0 Å². The van der Waals surface area contributed by atoms with Crippen LogP contribution in [0.15, 0.2) is 12.4 Å². The van der Waals surface area contributed by atoms with E-state index in [1.165, 1.54) is 6.20 Å². The number of anilines is 1. The number of carboxylic acid groups (broad SMARTS) is 1. The SMILES string of the molecule is CC(C)[C@@H](NC(=O)Nc1cnn(C(C)C)c1)C(=O)O. The highest BCUT2D eigenvalue weighted by Crippen LogP contribution is 2.10. The molecule has 0 saturated heterocycles. The van der Waals surface area contributed by atoms with Gasteiger partial charge in [-0.05, 0) is 19.8 Å². The summed E-state index contributed by atoms with van der Waals surface area (Å²) < 4.78 is 1.70. The Labute approximate surface area is 112 Å². The Morgan fingerprint density at radius 2 is 1.95 bits per heavy atom. The van der Waals surface area contributed by atoms with Gasteiger partial charge in [-0.3, -0.25) is 4.68 Å². The smallest absolute Gasteiger partial charge is 0.326 e. The first-order valence-corrected chi connectivity index (χ1v) is 6.15. The maximum absolute atomic E-state index is 11.7. The van der Waals surface area contributed by atoms with Crippen LogP contribution in [0, 0.1) is 5.92 Å². The van der Waals surface area contributed by atoms with E-state index < -0.39 is 18.0 Å². The predicted octanol–water partition coefficient (Wildman–Crippen LogP) is 1.69. The van der Waals surface area contributed by atoms with Gasteiger partial charge in [-0.25, -0.2) is 9.59 Å². The molecule has 0 aliphatic heterocycles. The van der Waals surface area contributed by atoms with E-state index in [1.54, 1.807) is 24.7 Å². The topological polar surface area (TPSA) is 96.3 Å². The molecule has 1 aromatic rings. The van der Waals surface area contributed by atoms with Crippen LogP contribution in [0.1, 0.15) is 33.7 Å². The number of carboxylic acids is 1. The Kier molecular flexibility index (Phi) is 4.91. The van der Waals surface area contributed by atoms with E-state index in [4.69, 9.17) is 5.11 Å². The van der Waals surface area contributed by atoms with Crippen molar-refractivity contribution in [3.05, 3.63) is 12.4 Å². The fraction of sp³-hybridized carbons (Fsp3) is 0.583. The van der Waals surface area contributed by atoms with E-state index in [0.717, 1.165) is 0 Å². The molecule has 1 heterocycles. The monoisotopic (exact) mass is 268 g/mol. The van der Waals surface area contributed by atoms with Crippen LogP contribution < -0.4 is 10.6 Å². The van der Waals surface area contributed by atoms with Crippen molar-refractivity contribution in [3.8, 4) is 0 Å². The molecule has 106 valence electrons. The van der Waals surface area contributed by atoms with Crippen LogP contribution in [0.3, 0.4) is 0 Å². The second-order valence-corrected chi connectivity index (χ2v) is 4.96. The summed E-state index contributed by atoms with van der Waals surface area (Å²) in [6.45, 7) is 7.40. The molecule has 0 fully saturated rings. The molecule has 19 heavy (non-hydrogen) atoms. The van der Waals surface area contributed by atoms with Crippen LogP contribution in [0.25, 0.3) is 0 Å². The van der Waals surface area contributed by atoms with E-state index in [9.17, 15) is 9.59 Å². The summed E-state index contributed by atoms with van der Waals surface area (Å²) in [6, 6.07) is -1.27. The Balaban J connectivity index is 2.61. The second kappa shape index (κ2) is 6.21.